The standard InChI is InChI=1S/C21H35N3O2/c1-4-22-20(23-16-18-9-8-10-19(15-18)25-3)24-17-21(11-6-7-12-21)13-14-26-5-2/h8-10,15H,4-7,11-14,16-17H2,1-3H3,(H2,22,23,24). The summed E-state index contributed by atoms with van der Waals surface area (Å²) in [5.74, 6) is 1.76. The molecule has 1 saturated carbocycles. The smallest absolute Gasteiger partial charge is 0.191 e. The second kappa shape index (κ2) is 11.1. The lowest BCUT2D eigenvalue weighted by Crippen LogP contribution is -2.43. The van der Waals surface area contributed by atoms with Crippen molar-refractivity contribution in [1.82, 2.24) is 10.6 Å². The van der Waals surface area contributed by atoms with Gasteiger partial charge in [-0.15, -0.1) is 0 Å². The molecule has 0 saturated heterocycles. The number of nitrogens with one attached hydrogen (secondary N) is 2. The van der Waals surface area contributed by atoms with E-state index in [1.54, 1.807) is 7.11 Å². The molecule has 0 spiro atoms. The Bertz CT molecular complexity index is 554. The van der Waals surface area contributed by atoms with E-state index in [9.17, 15) is 0 Å². The number of hydrogen-bond donors (Lipinski definition) is 2. The average molecular weight is 362 g/mol. The van der Waals surface area contributed by atoms with Crippen LogP contribution in [0, 0.1) is 5.41 Å². The first-order valence-corrected chi connectivity index (χ1v) is 9.94. The van der Waals surface area contributed by atoms with E-state index in [0.717, 1.165) is 50.0 Å². The maximum atomic E-state index is 5.62. The normalized spacial score (nSPS) is 16.5. The van der Waals surface area contributed by atoms with Crippen LogP contribution in [-0.4, -0.2) is 39.4 Å². The summed E-state index contributed by atoms with van der Waals surface area (Å²) in [6.45, 7) is 8.28. The van der Waals surface area contributed by atoms with Crippen LogP contribution in [0.25, 0.3) is 0 Å². The SMILES string of the molecule is CCNC(=NCc1cccc(OC)c1)NCC1(CCOCC)CCCC1. The first kappa shape index (κ1) is 20.6. The van der Waals surface area contributed by atoms with Gasteiger partial charge in [0.05, 0.1) is 13.7 Å². The highest BCUT2D eigenvalue weighted by molar-refractivity contribution is 5.79. The van der Waals surface area contributed by atoms with Crippen LogP contribution in [0.4, 0.5) is 0 Å². The Balaban J connectivity index is 1.94. The van der Waals surface area contributed by atoms with E-state index in [4.69, 9.17) is 14.5 Å². The van der Waals surface area contributed by atoms with Crippen LogP contribution in [0.1, 0.15) is 51.5 Å². The highest BCUT2D eigenvalue weighted by Gasteiger charge is 2.33. The van der Waals surface area contributed by atoms with Gasteiger partial charge in [-0.1, -0.05) is 25.0 Å². The molecule has 5 nitrogen and oxygen atoms in total. The summed E-state index contributed by atoms with van der Waals surface area (Å²) >= 11 is 0. The van der Waals surface area contributed by atoms with Gasteiger partial charge in [-0.05, 0) is 56.2 Å². The summed E-state index contributed by atoms with van der Waals surface area (Å²) in [5, 5.41) is 6.95. The molecule has 0 unspecified atom stereocenters. The largest absolute Gasteiger partial charge is 0.497 e. The van der Waals surface area contributed by atoms with E-state index in [-0.39, 0.29) is 0 Å². The Morgan fingerprint density at radius 1 is 1.19 bits per heavy atom. The highest BCUT2D eigenvalue weighted by atomic mass is 16.5. The molecule has 2 rings (SSSR count). The van der Waals surface area contributed by atoms with Crippen molar-refractivity contribution in [3.63, 3.8) is 0 Å². The number of nitrogens with zero attached hydrogens (tertiary/aromatic N) is 1. The summed E-state index contributed by atoms with van der Waals surface area (Å²) in [5.41, 5.74) is 1.50. The molecule has 0 amide bonds. The number of benzene rings is 1. The molecule has 2 N–H and O–H groups in total. The van der Waals surface area contributed by atoms with Crippen molar-refractivity contribution < 1.29 is 9.47 Å². The predicted molar refractivity (Wildman–Crippen MR) is 108 cm³/mol. The first-order chi connectivity index (χ1) is 12.7. The van der Waals surface area contributed by atoms with Crippen LogP contribution in [-0.2, 0) is 11.3 Å². The van der Waals surface area contributed by atoms with Gasteiger partial charge in [0.25, 0.3) is 0 Å². The van der Waals surface area contributed by atoms with Gasteiger partial charge in [0.15, 0.2) is 5.96 Å². The fourth-order valence-corrected chi connectivity index (χ4v) is 3.63. The van der Waals surface area contributed by atoms with Crippen molar-refractivity contribution in [1.29, 1.82) is 0 Å². The van der Waals surface area contributed by atoms with E-state index in [1.807, 2.05) is 18.2 Å². The molecule has 1 aliphatic carbocycles. The lowest BCUT2D eigenvalue weighted by atomic mass is 9.83. The van der Waals surface area contributed by atoms with Gasteiger partial charge in [0.2, 0.25) is 0 Å². The van der Waals surface area contributed by atoms with E-state index in [2.05, 4.69) is 30.5 Å². The summed E-state index contributed by atoms with van der Waals surface area (Å²) in [6, 6.07) is 8.08. The third-order valence-electron chi connectivity index (χ3n) is 5.17. The van der Waals surface area contributed by atoms with Crippen molar-refractivity contribution in [3.8, 4) is 5.75 Å². The minimum atomic E-state index is 0.349. The minimum Gasteiger partial charge on any atom is -0.497 e. The lowest BCUT2D eigenvalue weighted by Gasteiger charge is -2.30. The lowest BCUT2D eigenvalue weighted by molar-refractivity contribution is 0.105. The van der Waals surface area contributed by atoms with E-state index < -0.39 is 0 Å². The molecule has 1 aromatic carbocycles. The Morgan fingerprint density at radius 2 is 2.00 bits per heavy atom. The Labute approximate surface area is 158 Å². The number of guanidine groups is 1. The van der Waals surface area contributed by atoms with Gasteiger partial charge < -0.3 is 20.1 Å². The molecule has 1 aliphatic rings. The molecule has 1 aromatic rings. The van der Waals surface area contributed by atoms with Crippen molar-refractivity contribution in [2.75, 3.05) is 33.4 Å². The number of aliphatic imine (C=N–C) groups is 1. The first-order valence-electron chi connectivity index (χ1n) is 9.94. The summed E-state index contributed by atoms with van der Waals surface area (Å²) < 4.78 is 10.9. The molecular formula is C21H35N3O2. The Hall–Kier alpha value is -1.75. The highest BCUT2D eigenvalue weighted by Crippen LogP contribution is 2.40. The van der Waals surface area contributed by atoms with Crippen molar-refractivity contribution in [2.45, 2.75) is 52.5 Å². The molecular weight excluding hydrogens is 326 g/mol. The van der Waals surface area contributed by atoms with Crippen LogP contribution in [0.2, 0.25) is 0 Å². The third-order valence-corrected chi connectivity index (χ3v) is 5.17. The molecule has 0 radical (unpaired) electrons. The quantitative estimate of drug-likeness (QED) is 0.379. The van der Waals surface area contributed by atoms with Gasteiger partial charge >= 0.3 is 0 Å². The zero-order chi connectivity index (χ0) is 18.7. The number of ether oxygens (including phenoxy) is 2. The van der Waals surface area contributed by atoms with Crippen LogP contribution < -0.4 is 15.4 Å². The number of hydrogen-bond acceptors (Lipinski definition) is 3. The third kappa shape index (κ3) is 6.52. The molecule has 0 aliphatic heterocycles. The predicted octanol–water partition coefficient (Wildman–Crippen LogP) is 3.74. The second-order valence-corrected chi connectivity index (χ2v) is 7.05. The molecule has 0 bridgehead atoms. The van der Waals surface area contributed by atoms with Crippen molar-refractivity contribution in [2.24, 2.45) is 10.4 Å². The summed E-state index contributed by atoms with van der Waals surface area (Å²) in [4.78, 5) is 4.76. The minimum absolute atomic E-state index is 0.349. The van der Waals surface area contributed by atoms with Crippen LogP contribution >= 0.6 is 0 Å². The second-order valence-electron chi connectivity index (χ2n) is 7.05. The fourth-order valence-electron chi connectivity index (χ4n) is 3.63. The topological polar surface area (TPSA) is 54.9 Å². The maximum Gasteiger partial charge on any atom is 0.191 e. The molecule has 5 heteroatoms. The monoisotopic (exact) mass is 361 g/mol. The van der Waals surface area contributed by atoms with E-state index in [1.165, 1.54) is 25.7 Å². The molecule has 0 heterocycles. The Kier molecular flexibility index (Phi) is 8.75. The summed E-state index contributed by atoms with van der Waals surface area (Å²) in [6.07, 6.45) is 6.34. The van der Waals surface area contributed by atoms with E-state index in [0.29, 0.717) is 12.0 Å². The zero-order valence-corrected chi connectivity index (χ0v) is 16.6. The van der Waals surface area contributed by atoms with Crippen molar-refractivity contribution >= 4 is 5.96 Å². The molecule has 0 atom stereocenters. The Morgan fingerprint density at radius 3 is 2.69 bits per heavy atom. The maximum absolute atomic E-state index is 5.62. The summed E-state index contributed by atoms with van der Waals surface area (Å²) in [7, 11) is 1.69. The van der Waals surface area contributed by atoms with Gasteiger partial charge in [-0.3, -0.25) is 0 Å². The number of methoxy groups -OCH3 is 1. The average Bonchev–Trinajstić information content (AvgIpc) is 3.13. The number of rotatable bonds is 10. The van der Waals surface area contributed by atoms with Crippen LogP contribution in [0.5, 0.6) is 5.75 Å². The molecule has 0 aromatic heterocycles. The van der Waals surface area contributed by atoms with Gasteiger partial charge in [-0.25, -0.2) is 4.99 Å². The van der Waals surface area contributed by atoms with Crippen molar-refractivity contribution in [3.05, 3.63) is 29.8 Å². The van der Waals surface area contributed by atoms with E-state index >= 15 is 0 Å². The van der Waals surface area contributed by atoms with Gasteiger partial charge in [-0.2, -0.15) is 0 Å². The van der Waals surface area contributed by atoms with Crippen LogP contribution in [0.3, 0.4) is 0 Å². The van der Waals surface area contributed by atoms with Gasteiger partial charge in [0, 0.05) is 26.3 Å². The zero-order valence-electron chi connectivity index (χ0n) is 16.6. The molecule has 1 fully saturated rings. The van der Waals surface area contributed by atoms with Crippen LogP contribution in [0.15, 0.2) is 29.3 Å². The molecule has 26 heavy (non-hydrogen) atoms. The fraction of sp³-hybridized carbons (Fsp3) is 0.667. The molecule has 146 valence electrons. The van der Waals surface area contributed by atoms with Gasteiger partial charge in [0.1, 0.15) is 5.75 Å².